The molecule has 0 saturated carbocycles. The lowest BCUT2D eigenvalue weighted by Gasteiger charge is -2.34. The van der Waals surface area contributed by atoms with E-state index in [1.54, 1.807) is 6.20 Å². The van der Waals surface area contributed by atoms with E-state index in [1.165, 1.54) is 0 Å². The van der Waals surface area contributed by atoms with Gasteiger partial charge >= 0.3 is 0 Å². The van der Waals surface area contributed by atoms with Gasteiger partial charge in [-0.3, -0.25) is 9.78 Å². The molecule has 4 heteroatoms. The van der Waals surface area contributed by atoms with Gasteiger partial charge in [0.05, 0.1) is 11.9 Å². The molecule has 20 heavy (non-hydrogen) atoms. The van der Waals surface area contributed by atoms with Crippen molar-refractivity contribution in [2.75, 3.05) is 19.6 Å². The van der Waals surface area contributed by atoms with Crippen molar-refractivity contribution in [1.29, 1.82) is 0 Å². The smallest absolute Gasteiger partial charge is 0.227 e. The number of piperazine rings is 1. The second-order valence-electron chi connectivity index (χ2n) is 5.31. The molecule has 1 aromatic carbocycles. The molecule has 0 aliphatic carbocycles. The highest BCUT2D eigenvalue weighted by molar-refractivity contribution is 5.87. The fourth-order valence-electron chi connectivity index (χ4n) is 2.79. The van der Waals surface area contributed by atoms with E-state index in [1.807, 2.05) is 35.2 Å². The summed E-state index contributed by atoms with van der Waals surface area (Å²) < 4.78 is 0. The summed E-state index contributed by atoms with van der Waals surface area (Å²) in [6, 6.07) is 10.2. The minimum absolute atomic E-state index is 0.192. The normalized spacial score (nSPS) is 19.2. The van der Waals surface area contributed by atoms with E-state index >= 15 is 0 Å². The van der Waals surface area contributed by atoms with Crippen LogP contribution in [-0.4, -0.2) is 41.5 Å². The molecule has 104 valence electrons. The van der Waals surface area contributed by atoms with Crippen molar-refractivity contribution in [3.05, 3.63) is 42.1 Å². The van der Waals surface area contributed by atoms with Crippen LogP contribution in [0.25, 0.3) is 10.9 Å². The van der Waals surface area contributed by atoms with Crippen molar-refractivity contribution in [3.8, 4) is 0 Å². The molecule has 0 radical (unpaired) electrons. The van der Waals surface area contributed by atoms with Crippen LogP contribution >= 0.6 is 0 Å². The molecule has 2 aromatic rings. The zero-order valence-electron chi connectivity index (χ0n) is 11.7. The summed E-state index contributed by atoms with van der Waals surface area (Å²) in [6.45, 7) is 4.63. The number of rotatable bonds is 2. The van der Waals surface area contributed by atoms with Gasteiger partial charge in [-0.05, 0) is 18.6 Å². The van der Waals surface area contributed by atoms with Gasteiger partial charge in [0, 0.05) is 37.3 Å². The van der Waals surface area contributed by atoms with Crippen LogP contribution in [0.3, 0.4) is 0 Å². The average molecular weight is 269 g/mol. The van der Waals surface area contributed by atoms with Crippen LogP contribution in [0.2, 0.25) is 0 Å². The van der Waals surface area contributed by atoms with Crippen LogP contribution in [0.4, 0.5) is 0 Å². The monoisotopic (exact) mass is 269 g/mol. The van der Waals surface area contributed by atoms with E-state index in [9.17, 15) is 4.79 Å². The highest BCUT2D eigenvalue weighted by Crippen LogP contribution is 2.17. The molecule has 1 atom stereocenters. The van der Waals surface area contributed by atoms with E-state index < -0.39 is 0 Å². The van der Waals surface area contributed by atoms with Gasteiger partial charge in [-0.1, -0.05) is 24.3 Å². The van der Waals surface area contributed by atoms with Gasteiger partial charge in [0.2, 0.25) is 5.91 Å². The number of fused-ring (bicyclic) bond motifs is 1. The SMILES string of the molecule is C[C@H]1CNCCN1C(=O)Cc1cccc2cccnc12. The number of amides is 1. The van der Waals surface area contributed by atoms with Gasteiger partial charge in [-0.2, -0.15) is 0 Å². The van der Waals surface area contributed by atoms with Gasteiger partial charge < -0.3 is 10.2 Å². The summed E-state index contributed by atoms with van der Waals surface area (Å²) in [5.74, 6) is 0.192. The number of carbonyl (C=O) groups is 1. The van der Waals surface area contributed by atoms with Gasteiger partial charge in [-0.15, -0.1) is 0 Å². The Hall–Kier alpha value is -1.94. The van der Waals surface area contributed by atoms with Crippen molar-refractivity contribution in [2.45, 2.75) is 19.4 Å². The molecule has 0 spiro atoms. The third-order valence-corrected chi connectivity index (χ3v) is 3.88. The summed E-state index contributed by atoms with van der Waals surface area (Å²) in [6.07, 6.45) is 2.21. The lowest BCUT2D eigenvalue weighted by molar-refractivity contribution is -0.133. The Bertz CT molecular complexity index is 621. The second kappa shape index (κ2) is 5.59. The molecule has 0 unspecified atom stereocenters. The first kappa shape index (κ1) is 13.1. The van der Waals surface area contributed by atoms with Crippen molar-refractivity contribution >= 4 is 16.8 Å². The highest BCUT2D eigenvalue weighted by atomic mass is 16.2. The zero-order chi connectivity index (χ0) is 13.9. The number of hydrogen-bond acceptors (Lipinski definition) is 3. The third-order valence-electron chi connectivity index (χ3n) is 3.88. The summed E-state index contributed by atoms with van der Waals surface area (Å²) in [7, 11) is 0. The van der Waals surface area contributed by atoms with Crippen molar-refractivity contribution in [2.24, 2.45) is 0 Å². The predicted octanol–water partition coefficient (Wildman–Crippen LogP) is 1.60. The lowest BCUT2D eigenvalue weighted by Crippen LogP contribution is -2.52. The standard InChI is InChI=1S/C16H19N3O/c1-12-11-17-8-9-19(12)15(20)10-14-5-2-4-13-6-3-7-18-16(13)14/h2-7,12,17H,8-11H2,1H3/t12-/m0/s1. The quantitative estimate of drug-likeness (QED) is 0.900. The molecular weight excluding hydrogens is 250 g/mol. The Morgan fingerprint density at radius 1 is 1.40 bits per heavy atom. The topological polar surface area (TPSA) is 45.2 Å². The molecule has 0 bridgehead atoms. The lowest BCUT2D eigenvalue weighted by atomic mass is 10.1. The minimum Gasteiger partial charge on any atom is -0.337 e. The predicted molar refractivity (Wildman–Crippen MR) is 79.5 cm³/mol. The minimum atomic E-state index is 0.192. The molecule has 1 N–H and O–H groups in total. The first-order valence-corrected chi connectivity index (χ1v) is 7.08. The number of nitrogens with zero attached hydrogens (tertiary/aromatic N) is 2. The maximum absolute atomic E-state index is 12.5. The van der Waals surface area contributed by atoms with Gasteiger partial charge in [0.1, 0.15) is 0 Å². The first-order valence-electron chi connectivity index (χ1n) is 7.08. The molecule has 1 aliphatic rings. The fraction of sp³-hybridized carbons (Fsp3) is 0.375. The number of aromatic nitrogens is 1. The Balaban J connectivity index is 1.84. The molecular formula is C16H19N3O. The molecule has 4 nitrogen and oxygen atoms in total. The summed E-state index contributed by atoms with van der Waals surface area (Å²) in [4.78, 5) is 18.9. The Labute approximate surface area is 118 Å². The molecule has 1 amide bonds. The van der Waals surface area contributed by atoms with Gasteiger partial charge in [-0.25, -0.2) is 0 Å². The van der Waals surface area contributed by atoms with Gasteiger partial charge in [0.25, 0.3) is 0 Å². The van der Waals surface area contributed by atoms with Crippen LogP contribution < -0.4 is 5.32 Å². The van der Waals surface area contributed by atoms with Crippen molar-refractivity contribution in [1.82, 2.24) is 15.2 Å². The molecule has 1 saturated heterocycles. The number of para-hydroxylation sites is 1. The number of benzene rings is 1. The van der Waals surface area contributed by atoms with Crippen LogP contribution in [0.15, 0.2) is 36.5 Å². The Morgan fingerprint density at radius 2 is 2.25 bits per heavy atom. The number of hydrogen-bond donors (Lipinski definition) is 1. The van der Waals surface area contributed by atoms with E-state index in [0.29, 0.717) is 6.42 Å². The third kappa shape index (κ3) is 2.51. The maximum Gasteiger partial charge on any atom is 0.227 e. The van der Waals surface area contributed by atoms with Crippen LogP contribution in [-0.2, 0) is 11.2 Å². The van der Waals surface area contributed by atoms with Crippen molar-refractivity contribution in [3.63, 3.8) is 0 Å². The van der Waals surface area contributed by atoms with E-state index in [0.717, 1.165) is 36.1 Å². The highest BCUT2D eigenvalue weighted by Gasteiger charge is 2.23. The molecule has 3 rings (SSSR count). The van der Waals surface area contributed by atoms with Crippen LogP contribution in [0.1, 0.15) is 12.5 Å². The zero-order valence-corrected chi connectivity index (χ0v) is 11.7. The molecule has 1 aromatic heterocycles. The van der Waals surface area contributed by atoms with Crippen LogP contribution in [0.5, 0.6) is 0 Å². The summed E-state index contributed by atoms with van der Waals surface area (Å²) in [5.41, 5.74) is 1.95. The van der Waals surface area contributed by atoms with Gasteiger partial charge in [0.15, 0.2) is 0 Å². The van der Waals surface area contributed by atoms with E-state index in [-0.39, 0.29) is 11.9 Å². The molecule has 1 fully saturated rings. The van der Waals surface area contributed by atoms with Crippen LogP contribution in [0, 0.1) is 0 Å². The Kier molecular flexibility index (Phi) is 3.65. The molecule has 1 aliphatic heterocycles. The molecule has 2 heterocycles. The summed E-state index contributed by atoms with van der Waals surface area (Å²) in [5, 5.41) is 4.40. The second-order valence-corrected chi connectivity index (χ2v) is 5.31. The van der Waals surface area contributed by atoms with E-state index in [4.69, 9.17) is 0 Å². The Morgan fingerprint density at radius 3 is 3.10 bits per heavy atom. The number of carbonyl (C=O) groups excluding carboxylic acids is 1. The van der Waals surface area contributed by atoms with Crippen molar-refractivity contribution < 1.29 is 4.79 Å². The average Bonchev–Trinajstić information content (AvgIpc) is 2.48. The maximum atomic E-state index is 12.5. The van der Waals surface area contributed by atoms with E-state index in [2.05, 4.69) is 17.2 Å². The summed E-state index contributed by atoms with van der Waals surface area (Å²) >= 11 is 0. The number of pyridine rings is 1. The number of nitrogens with one attached hydrogen (secondary N) is 1. The largest absolute Gasteiger partial charge is 0.337 e. The fourth-order valence-corrected chi connectivity index (χ4v) is 2.79. The first-order chi connectivity index (χ1) is 9.75.